The number of hydrogen-bond acceptors (Lipinski definition) is 6. The molecule has 0 radical (unpaired) electrons. The van der Waals surface area contributed by atoms with Crippen LogP contribution in [0, 0.1) is 5.41 Å². The van der Waals surface area contributed by atoms with E-state index in [1.165, 1.54) is 0 Å². The molecule has 0 spiro atoms. The molecule has 0 aromatic heterocycles. The molecule has 1 aliphatic rings. The summed E-state index contributed by atoms with van der Waals surface area (Å²) in [7, 11) is 0. The van der Waals surface area contributed by atoms with Gasteiger partial charge in [-0.1, -0.05) is 20.8 Å². The van der Waals surface area contributed by atoms with Gasteiger partial charge in [-0.25, -0.2) is 4.79 Å². The first-order valence-electron chi connectivity index (χ1n) is 8.91. The van der Waals surface area contributed by atoms with Crippen LogP contribution in [0.1, 0.15) is 61.3 Å². The molecule has 8 nitrogen and oxygen atoms in total. The van der Waals surface area contributed by atoms with Crippen molar-refractivity contribution in [2.45, 2.75) is 85.3 Å². The van der Waals surface area contributed by atoms with Crippen molar-refractivity contribution in [2.24, 2.45) is 5.41 Å². The molecular weight excluding hydrogens is 340 g/mol. The molecule has 0 aliphatic carbocycles. The summed E-state index contributed by atoms with van der Waals surface area (Å²) in [4.78, 5) is 36.3. The largest absolute Gasteiger partial charge is 0.444 e. The molecule has 1 aliphatic heterocycles. The molecule has 0 aromatic carbocycles. The maximum absolute atomic E-state index is 12.7. The molecule has 1 rings (SSSR count). The van der Waals surface area contributed by atoms with Crippen LogP contribution in [0.15, 0.2) is 0 Å². The van der Waals surface area contributed by atoms with Crippen LogP contribution in [0.3, 0.4) is 0 Å². The minimum absolute atomic E-state index is 0.0328. The quantitative estimate of drug-likeness (QED) is 0.692. The van der Waals surface area contributed by atoms with Crippen molar-refractivity contribution in [3.8, 4) is 0 Å². The Morgan fingerprint density at radius 3 is 2.35 bits per heavy atom. The van der Waals surface area contributed by atoms with Gasteiger partial charge in [0.15, 0.2) is 0 Å². The maximum Gasteiger partial charge on any atom is 0.408 e. The molecule has 2 amide bonds. The highest BCUT2D eigenvalue weighted by Gasteiger charge is 2.38. The van der Waals surface area contributed by atoms with E-state index in [2.05, 4.69) is 10.6 Å². The predicted octanol–water partition coefficient (Wildman–Crippen LogP) is 2.11. The molecule has 2 unspecified atom stereocenters. The number of rotatable bonds is 6. The highest BCUT2D eigenvalue weighted by atomic mass is 16.7. The third-order valence-corrected chi connectivity index (χ3v) is 3.45. The normalized spacial score (nSPS) is 21.7. The van der Waals surface area contributed by atoms with Crippen molar-refractivity contribution < 1.29 is 28.6 Å². The number of hydrogen-bond donors (Lipinski definition) is 2. The Hall–Kier alpha value is -1.83. The van der Waals surface area contributed by atoms with Crippen LogP contribution < -0.4 is 10.6 Å². The summed E-state index contributed by atoms with van der Waals surface area (Å²) in [5, 5.41) is 5.38. The van der Waals surface area contributed by atoms with E-state index in [1.54, 1.807) is 27.7 Å². The molecular formula is C18H32N2O6. The SMILES string of the molecule is CCOC1OC(=O)CC1NC(=O)[C@H](CC(C)(C)C)NC(=O)OC(C)(C)C. The van der Waals surface area contributed by atoms with Gasteiger partial charge in [-0.05, 0) is 39.5 Å². The minimum atomic E-state index is -0.812. The van der Waals surface area contributed by atoms with E-state index in [0.29, 0.717) is 13.0 Å². The number of nitrogens with one attached hydrogen (secondary N) is 2. The van der Waals surface area contributed by atoms with Crippen molar-refractivity contribution in [2.75, 3.05) is 6.61 Å². The van der Waals surface area contributed by atoms with E-state index in [1.807, 2.05) is 20.8 Å². The minimum Gasteiger partial charge on any atom is -0.444 e. The average molecular weight is 372 g/mol. The van der Waals surface area contributed by atoms with E-state index in [4.69, 9.17) is 14.2 Å². The third-order valence-electron chi connectivity index (χ3n) is 3.45. The van der Waals surface area contributed by atoms with Gasteiger partial charge in [-0.15, -0.1) is 0 Å². The zero-order valence-corrected chi connectivity index (χ0v) is 16.8. The summed E-state index contributed by atoms with van der Waals surface area (Å²) < 4.78 is 15.6. The maximum atomic E-state index is 12.7. The van der Waals surface area contributed by atoms with Crippen molar-refractivity contribution in [3.63, 3.8) is 0 Å². The Morgan fingerprint density at radius 2 is 1.85 bits per heavy atom. The Morgan fingerprint density at radius 1 is 1.23 bits per heavy atom. The van der Waals surface area contributed by atoms with Crippen molar-refractivity contribution in [1.29, 1.82) is 0 Å². The van der Waals surface area contributed by atoms with E-state index >= 15 is 0 Å². The molecule has 2 N–H and O–H groups in total. The molecule has 0 bridgehead atoms. The third kappa shape index (κ3) is 8.03. The fourth-order valence-electron chi connectivity index (χ4n) is 2.52. The molecule has 8 heteroatoms. The summed E-state index contributed by atoms with van der Waals surface area (Å²) in [5.74, 6) is -0.833. The molecule has 1 saturated heterocycles. The van der Waals surface area contributed by atoms with Crippen LogP contribution in [0.25, 0.3) is 0 Å². The van der Waals surface area contributed by atoms with Crippen molar-refractivity contribution in [1.82, 2.24) is 10.6 Å². The lowest BCUT2D eigenvalue weighted by Gasteiger charge is -2.29. The van der Waals surface area contributed by atoms with Gasteiger partial charge in [0.25, 0.3) is 0 Å². The van der Waals surface area contributed by atoms with E-state index in [-0.39, 0.29) is 11.8 Å². The van der Waals surface area contributed by atoms with Gasteiger partial charge in [-0.2, -0.15) is 0 Å². The summed E-state index contributed by atoms with van der Waals surface area (Å²) in [6.45, 7) is 13.3. The van der Waals surface area contributed by atoms with Gasteiger partial charge in [-0.3, -0.25) is 9.59 Å². The fraction of sp³-hybridized carbons (Fsp3) is 0.833. The molecule has 3 atom stereocenters. The summed E-state index contributed by atoms with van der Waals surface area (Å²) in [5.41, 5.74) is -0.878. The predicted molar refractivity (Wildman–Crippen MR) is 95.3 cm³/mol. The van der Waals surface area contributed by atoms with Crippen LogP contribution in [0.5, 0.6) is 0 Å². The number of ether oxygens (including phenoxy) is 3. The number of carbonyl (C=O) groups excluding carboxylic acids is 3. The van der Waals surface area contributed by atoms with E-state index in [9.17, 15) is 14.4 Å². The topological polar surface area (TPSA) is 103 Å². The molecule has 1 heterocycles. The highest BCUT2D eigenvalue weighted by molar-refractivity contribution is 5.86. The van der Waals surface area contributed by atoms with Crippen molar-refractivity contribution in [3.05, 3.63) is 0 Å². The van der Waals surface area contributed by atoms with Gasteiger partial charge in [0.2, 0.25) is 12.2 Å². The van der Waals surface area contributed by atoms with Crippen LogP contribution in [0.4, 0.5) is 4.79 Å². The number of carbonyl (C=O) groups is 3. The van der Waals surface area contributed by atoms with Gasteiger partial charge in [0.1, 0.15) is 17.7 Å². The monoisotopic (exact) mass is 372 g/mol. The Kier molecular flexibility index (Phi) is 7.44. The first-order chi connectivity index (χ1) is 11.8. The van der Waals surface area contributed by atoms with Gasteiger partial charge < -0.3 is 24.8 Å². The Labute approximate surface area is 155 Å². The number of alkyl carbamates (subject to hydrolysis) is 1. The smallest absolute Gasteiger partial charge is 0.408 e. The average Bonchev–Trinajstić information content (AvgIpc) is 2.74. The molecule has 26 heavy (non-hydrogen) atoms. The number of cyclic esters (lactones) is 1. The van der Waals surface area contributed by atoms with Crippen molar-refractivity contribution >= 4 is 18.0 Å². The number of amides is 2. The van der Waals surface area contributed by atoms with Gasteiger partial charge in [0.05, 0.1) is 6.42 Å². The van der Waals surface area contributed by atoms with Crippen LogP contribution in [-0.4, -0.2) is 48.6 Å². The van der Waals surface area contributed by atoms with Crippen LogP contribution in [0.2, 0.25) is 0 Å². The lowest BCUT2D eigenvalue weighted by molar-refractivity contribution is -0.164. The Balaban J connectivity index is 2.80. The molecule has 150 valence electrons. The Bertz CT molecular complexity index is 521. The van der Waals surface area contributed by atoms with Crippen LogP contribution >= 0.6 is 0 Å². The molecule has 1 fully saturated rings. The summed E-state index contributed by atoms with van der Waals surface area (Å²) in [6, 6.07) is -1.39. The van der Waals surface area contributed by atoms with E-state index in [0.717, 1.165) is 0 Å². The standard InChI is InChI=1S/C18H32N2O6/c1-8-24-15-11(9-13(21)25-15)19-14(22)12(10-17(2,3)4)20-16(23)26-18(5,6)7/h11-12,15H,8-10H2,1-7H3,(H,19,22)(H,20,23)/t11?,12-,15?/m0/s1. The second-order valence-corrected chi connectivity index (χ2v) is 8.60. The second-order valence-electron chi connectivity index (χ2n) is 8.60. The van der Waals surface area contributed by atoms with Gasteiger partial charge in [0, 0.05) is 6.61 Å². The van der Waals surface area contributed by atoms with Crippen LogP contribution in [-0.2, 0) is 23.8 Å². The highest BCUT2D eigenvalue weighted by Crippen LogP contribution is 2.22. The molecule has 0 saturated carbocycles. The lowest BCUT2D eigenvalue weighted by atomic mass is 9.87. The first-order valence-corrected chi connectivity index (χ1v) is 8.91. The summed E-state index contributed by atoms with van der Waals surface area (Å²) >= 11 is 0. The second kappa shape index (κ2) is 8.70. The summed E-state index contributed by atoms with van der Waals surface area (Å²) in [6.07, 6.45) is -1.04. The fourth-order valence-corrected chi connectivity index (χ4v) is 2.52. The van der Waals surface area contributed by atoms with Gasteiger partial charge >= 0.3 is 12.1 Å². The molecule has 0 aromatic rings. The lowest BCUT2D eigenvalue weighted by Crippen LogP contribution is -2.53. The van der Waals surface area contributed by atoms with E-state index < -0.39 is 41.9 Å². The number of esters is 1. The zero-order chi connectivity index (χ0) is 20.1. The first kappa shape index (κ1) is 22.2. The zero-order valence-electron chi connectivity index (χ0n) is 16.8.